The summed E-state index contributed by atoms with van der Waals surface area (Å²) in [5.74, 6) is -1.78. The molecule has 39 heavy (non-hydrogen) atoms. The third-order valence-corrected chi connectivity index (χ3v) is 7.94. The number of aromatic nitrogens is 1. The highest BCUT2D eigenvalue weighted by Gasteiger charge is 2.36. The molecule has 2 aliphatic rings. The minimum atomic E-state index is -1.60. The van der Waals surface area contributed by atoms with Crippen molar-refractivity contribution in [1.29, 1.82) is 5.41 Å². The number of hydrogen-bond donors (Lipinski definition) is 3. The molecule has 1 saturated heterocycles. The van der Waals surface area contributed by atoms with Crippen LogP contribution in [0.15, 0.2) is 53.9 Å². The van der Waals surface area contributed by atoms with Gasteiger partial charge >= 0.3 is 5.97 Å². The summed E-state index contributed by atoms with van der Waals surface area (Å²) in [5, 5.41) is 29.4. The van der Waals surface area contributed by atoms with Crippen molar-refractivity contribution < 1.29 is 28.5 Å². The van der Waals surface area contributed by atoms with Crippen molar-refractivity contribution in [2.45, 2.75) is 31.4 Å². The fourth-order valence-corrected chi connectivity index (χ4v) is 5.41. The summed E-state index contributed by atoms with van der Waals surface area (Å²) in [6, 6.07) is 9.68. The van der Waals surface area contributed by atoms with Gasteiger partial charge in [-0.15, -0.1) is 0 Å². The van der Waals surface area contributed by atoms with Crippen molar-refractivity contribution in [2.75, 3.05) is 31.2 Å². The SMILES string of the molecule is Cn1cc(C(=O)O)c2ccc(N3CCC(F)(COC/C(C(=N)c4c(F)cccc4Cl)=C(/O)C4CC4)CC3)cc21. The van der Waals surface area contributed by atoms with E-state index in [1.807, 2.05) is 12.1 Å². The average Bonchev–Trinajstić information content (AvgIpc) is 3.70. The summed E-state index contributed by atoms with van der Waals surface area (Å²) in [6.45, 7) is 0.438. The number of aliphatic hydroxyl groups is 1. The summed E-state index contributed by atoms with van der Waals surface area (Å²) in [5.41, 5.74) is 0.0774. The average molecular weight is 558 g/mol. The van der Waals surface area contributed by atoms with Crippen LogP contribution in [0.25, 0.3) is 10.9 Å². The van der Waals surface area contributed by atoms with Crippen molar-refractivity contribution in [2.24, 2.45) is 13.0 Å². The number of piperidine rings is 1. The van der Waals surface area contributed by atoms with Crippen molar-refractivity contribution in [1.82, 2.24) is 4.57 Å². The van der Waals surface area contributed by atoms with Crippen LogP contribution in [-0.4, -0.2) is 58.4 Å². The number of rotatable bonds is 9. The fraction of sp³-hybridized carbons (Fsp3) is 0.379. The van der Waals surface area contributed by atoms with Crippen LogP contribution in [0.1, 0.15) is 41.6 Å². The molecule has 1 saturated carbocycles. The third kappa shape index (κ3) is 5.51. The number of nitrogens with zero attached hydrogens (tertiary/aromatic N) is 2. The van der Waals surface area contributed by atoms with Crippen LogP contribution in [0, 0.1) is 17.1 Å². The van der Waals surface area contributed by atoms with E-state index in [2.05, 4.69) is 4.90 Å². The van der Waals surface area contributed by atoms with Crippen molar-refractivity contribution in [3.63, 3.8) is 0 Å². The summed E-state index contributed by atoms with van der Waals surface area (Å²) in [7, 11) is 1.79. The minimum absolute atomic E-state index is 0.0239. The number of nitrogens with one attached hydrogen (secondary N) is 1. The Hall–Kier alpha value is -3.43. The largest absolute Gasteiger partial charge is 0.512 e. The zero-order chi connectivity index (χ0) is 27.9. The number of halogens is 3. The molecule has 0 unspecified atom stereocenters. The van der Waals surface area contributed by atoms with E-state index in [1.54, 1.807) is 23.9 Å². The Kier molecular flexibility index (Phi) is 7.39. The van der Waals surface area contributed by atoms with Crippen LogP contribution < -0.4 is 4.90 Å². The zero-order valence-electron chi connectivity index (χ0n) is 21.5. The number of hydrogen-bond acceptors (Lipinski definition) is 5. The predicted molar refractivity (Wildman–Crippen MR) is 147 cm³/mol. The molecule has 0 atom stereocenters. The summed E-state index contributed by atoms with van der Waals surface area (Å²) >= 11 is 6.15. The summed E-state index contributed by atoms with van der Waals surface area (Å²) in [6.07, 6.45) is 3.54. The van der Waals surface area contributed by atoms with E-state index in [9.17, 15) is 19.4 Å². The molecule has 10 heteroatoms. The summed E-state index contributed by atoms with van der Waals surface area (Å²) in [4.78, 5) is 13.6. The first-order valence-corrected chi connectivity index (χ1v) is 13.2. The first-order chi connectivity index (χ1) is 18.6. The van der Waals surface area contributed by atoms with Gasteiger partial charge in [0.2, 0.25) is 0 Å². The molecule has 1 aliphatic heterocycles. The van der Waals surface area contributed by atoms with Crippen LogP contribution >= 0.6 is 11.6 Å². The molecule has 0 amide bonds. The topological polar surface area (TPSA) is 98.8 Å². The number of carboxylic acids is 1. The highest BCUT2D eigenvalue weighted by molar-refractivity contribution is 6.35. The maximum atomic E-state index is 15.7. The van der Waals surface area contributed by atoms with Gasteiger partial charge in [-0.2, -0.15) is 0 Å². The number of aryl methyl sites for hydroxylation is 1. The Labute approximate surface area is 229 Å². The van der Waals surface area contributed by atoms with E-state index in [4.69, 9.17) is 21.7 Å². The monoisotopic (exact) mass is 557 g/mol. The maximum absolute atomic E-state index is 15.7. The van der Waals surface area contributed by atoms with Crippen molar-refractivity contribution in [3.8, 4) is 0 Å². The quantitative estimate of drug-likeness (QED) is 0.212. The molecule has 3 aromatic rings. The van der Waals surface area contributed by atoms with Gasteiger partial charge in [0, 0.05) is 61.7 Å². The van der Waals surface area contributed by atoms with Gasteiger partial charge in [-0.25, -0.2) is 13.6 Å². The fourth-order valence-electron chi connectivity index (χ4n) is 5.15. The number of carbonyl (C=O) groups is 1. The zero-order valence-corrected chi connectivity index (χ0v) is 22.3. The lowest BCUT2D eigenvalue weighted by Gasteiger charge is -2.37. The smallest absolute Gasteiger partial charge is 0.337 e. The Balaban J connectivity index is 1.24. The Morgan fingerprint density at radius 1 is 1.21 bits per heavy atom. The second-order valence-electron chi connectivity index (χ2n) is 10.4. The molecular weight excluding hydrogens is 528 g/mol. The van der Waals surface area contributed by atoms with Crippen LogP contribution in [0.3, 0.4) is 0 Å². The van der Waals surface area contributed by atoms with E-state index in [0.717, 1.165) is 24.0 Å². The van der Waals surface area contributed by atoms with Gasteiger partial charge in [0.05, 0.1) is 40.6 Å². The number of carboxylic acid groups (broad SMARTS) is 1. The molecule has 206 valence electrons. The molecule has 3 N–H and O–H groups in total. The Morgan fingerprint density at radius 2 is 1.92 bits per heavy atom. The standard InChI is InChI=1S/C29H30ClF2N3O4/c1-34-14-20(28(37)38)19-8-7-18(13-24(19)34)35-11-9-29(32,10-12-35)16-39-15-21(27(36)17-5-6-17)26(33)25-22(30)3-2-4-23(25)31/h2-4,7-8,13-14,17,33,36H,5-6,9-12,15-16H2,1H3,(H,37,38)/b27-21-,33-26?. The lowest BCUT2D eigenvalue weighted by Crippen LogP contribution is -2.44. The van der Waals surface area contributed by atoms with Crippen molar-refractivity contribution >= 4 is 39.9 Å². The predicted octanol–water partition coefficient (Wildman–Crippen LogP) is 6.28. The van der Waals surface area contributed by atoms with E-state index < -0.39 is 17.5 Å². The van der Waals surface area contributed by atoms with Gasteiger partial charge in [0.25, 0.3) is 0 Å². The molecule has 0 bridgehead atoms. The maximum Gasteiger partial charge on any atom is 0.337 e. The first kappa shape index (κ1) is 27.1. The number of anilines is 1. The first-order valence-electron chi connectivity index (χ1n) is 12.9. The molecule has 0 radical (unpaired) electrons. The molecule has 5 rings (SSSR count). The summed E-state index contributed by atoms with van der Waals surface area (Å²) < 4.78 is 37.7. The number of allylic oxidation sites excluding steroid dienone is 1. The molecule has 2 heterocycles. The van der Waals surface area contributed by atoms with Gasteiger partial charge in [0.15, 0.2) is 0 Å². The van der Waals surface area contributed by atoms with Gasteiger partial charge in [-0.1, -0.05) is 17.7 Å². The van der Waals surface area contributed by atoms with Crippen LogP contribution in [-0.2, 0) is 11.8 Å². The second kappa shape index (κ2) is 10.6. The molecule has 7 nitrogen and oxygen atoms in total. The van der Waals surface area contributed by atoms with Gasteiger partial charge in [-0.05, 0) is 43.2 Å². The highest BCUT2D eigenvalue weighted by Crippen LogP contribution is 2.38. The van der Waals surface area contributed by atoms with Crippen LogP contribution in [0.2, 0.25) is 5.02 Å². The molecule has 2 aromatic carbocycles. The number of benzene rings is 2. The molecule has 2 fully saturated rings. The third-order valence-electron chi connectivity index (χ3n) is 7.62. The Bertz CT molecular complexity index is 1450. The molecule has 0 spiro atoms. The van der Waals surface area contributed by atoms with Crippen LogP contribution in [0.5, 0.6) is 0 Å². The van der Waals surface area contributed by atoms with Gasteiger partial charge in [-0.3, -0.25) is 5.41 Å². The normalized spacial score (nSPS) is 17.8. The van der Waals surface area contributed by atoms with Crippen LogP contribution in [0.4, 0.5) is 14.5 Å². The number of fused-ring (bicyclic) bond motifs is 1. The minimum Gasteiger partial charge on any atom is -0.512 e. The van der Waals surface area contributed by atoms with E-state index in [0.29, 0.717) is 18.5 Å². The Morgan fingerprint density at radius 3 is 2.56 bits per heavy atom. The number of ether oxygens (including phenoxy) is 1. The van der Waals surface area contributed by atoms with Gasteiger partial charge in [0.1, 0.15) is 17.2 Å². The molecule has 1 aromatic heterocycles. The highest BCUT2D eigenvalue weighted by atomic mass is 35.5. The lowest BCUT2D eigenvalue weighted by molar-refractivity contribution is 0.00816. The second-order valence-corrected chi connectivity index (χ2v) is 10.8. The molecule has 1 aliphatic carbocycles. The molecular formula is C29H30ClF2N3O4. The number of aromatic carboxylic acids is 1. The number of alkyl halides is 1. The van der Waals surface area contributed by atoms with Crippen molar-refractivity contribution in [3.05, 3.63) is 75.9 Å². The number of aliphatic hydroxyl groups excluding tert-OH is 1. The van der Waals surface area contributed by atoms with Gasteiger partial charge < -0.3 is 24.4 Å². The van der Waals surface area contributed by atoms with E-state index in [1.165, 1.54) is 18.2 Å². The van der Waals surface area contributed by atoms with E-state index in [-0.39, 0.29) is 65.2 Å². The lowest BCUT2D eigenvalue weighted by atomic mass is 9.93. The van der Waals surface area contributed by atoms with E-state index >= 15 is 4.39 Å².